The zero-order chi connectivity index (χ0) is 18.1. The Balaban J connectivity index is 1.67. The molecule has 0 saturated carbocycles. The molecule has 0 radical (unpaired) electrons. The van der Waals surface area contributed by atoms with E-state index < -0.39 is 0 Å². The highest BCUT2D eigenvalue weighted by Gasteiger charge is 2.32. The van der Waals surface area contributed by atoms with E-state index in [0.29, 0.717) is 13.0 Å². The van der Waals surface area contributed by atoms with Crippen molar-refractivity contribution in [3.8, 4) is 5.69 Å². The van der Waals surface area contributed by atoms with E-state index in [4.69, 9.17) is 0 Å². The summed E-state index contributed by atoms with van der Waals surface area (Å²) in [5, 5.41) is 7.49. The van der Waals surface area contributed by atoms with Crippen molar-refractivity contribution in [2.75, 3.05) is 13.6 Å². The molecule has 1 aliphatic rings. The van der Waals surface area contributed by atoms with Crippen LogP contribution >= 0.6 is 0 Å². The largest absolute Gasteiger partial charge is 0.349 e. The Hall–Kier alpha value is -2.63. The van der Waals surface area contributed by atoms with Gasteiger partial charge in [-0.1, -0.05) is 12.1 Å². The lowest BCUT2D eigenvalue weighted by Gasteiger charge is -2.17. The van der Waals surface area contributed by atoms with Crippen LogP contribution in [0.2, 0.25) is 0 Å². The number of aromatic nitrogens is 2. The molecule has 1 aliphatic heterocycles. The number of aryl methyl sites for hydroxylation is 2. The second-order valence-electron chi connectivity index (χ2n) is 6.84. The van der Waals surface area contributed by atoms with Crippen LogP contribution in [0.1, 0.15) is 36.3 Å². The Morgan fingerprint density at radius 2 is 1.96 bits per heavy atom. The van der Waals surface area contributed by atoms with Crippen LogP contribution in [0, 0.1) is 19.8 Å². The number of rotatable bonds is 4. The Kier molecular flexibility index (Phi) is 4.61. The first-order valence-corrected chi connectivity index (χ1v) is 8.53. The predicted octanol–water partition coefficient (Wildman–Crippen LogP) is 2.14. The van der Waals surface area contributed by atoms with Crippen molar-refractivity contribution in [2.24, 2.45) is 5.92 Å². The molecular formula is C19H24N4O2. The summed E-state index contributed by atoms with van der Waals surface area (Å²) in [4.78, 5) is 25.5. The normalized spacial score (nSPS) is 18.5. The third kappa shape index (κ3) is 3.57. The molecule has 3 rings (SSSR count). The van der Waals surface area contributed by atoms with Crippen molar-refractivity contribution in [1.82, 2.24) is 20.0 Å². The summed E-state index contributed by atoms with van der Waals surface area (Å²) in [6.07, 6.45) is 0.298. The number of likely N-dealkylation sites (tertiary alicyclic amines) is 1. The molecular weight excluding hydrogens is 316 g/mol. The minimum absolute atomic E-state index is 0.0297. The molecule has 2 aromatic rings. The van der Waals surface area contributed by atoms with Gasteiger partial charge in [-0.05, 0) is 44.5 Å². The van der Waals surface area contributed by atoms with E-state index >= 15 is 0 Å². The number of amides is 2. The Bertz CT molecular complexity index is 794. The number of hydrogen-bond donors (Lipinski definition) is 1. The summed E-state index contributed by atoms with van der Waals surface area (Å²) in [5.41, 5.74) is 4.09. The van der Waals surface area contributed by atoms with Crippen molar-refractivity contribution in [2.45, 2.75) is 33.2 Å². The molecule has 0 spiro atoms. The van der Waals surface area contributed by atoms with Gasteiger partial charge >= 0.3 is 0 Å². The van der Waals surface area contributed by atoms with Crippen molar-refractivity contribution < 1.29 is 9.59 Å². The lowest BCUT2D eigenvalue weighted by atomic mass is 10.0. The van der Waals surface area contributed by atoms with Gasteiger partial charge in [-0.2, -0.15) is 5.10 Å². The highest BCUT2D eigenvalue weighted by atomic mass is 16.2. The molecule has 6 heteroatoms. The minimum atomic E-state index is -0.256. The van der Waals surface area contributed by atoms with Crippen LogP contribution in [0.3, 0.4) is 0 Å². The highest BCUT2D eigenvalue weighted by Crippen LogP contribution is 2.20. The number of nitrogens with zero attached hydrogens (tertiary/aromatic N) is 3. The second-order valence-corrected chi connectivity index (χ2v) is 6.84. The zero-order valence-electron chi connectivity index (χ0n) is 15.1. The smallest absolute Gasteiger partial charge is 0.225 e. The van der Waals surface area contributed by atoms with Gasteiger partial charge < -0.3 is 10.2 Å². The third-order valence-electron chi connectivity index (χ3n) is 4.72. The first kappa shape index (κ1) is 17.2. The highest BCUT2D eigenvalue weighted by molar-refractivity contribution is 5.89. The number of carbonyl (C=O) groups is 2. The van der Waals surface area contributed by atoms with Crippen LogP contribution in [-0.4, -0.2) is 40.1 Å². The molecule has 1 N–H and O–H groups in total. The van der Waals surface area contributed by atoms with Crippen LogP contribution in [0.15, 0.2) is 30.3 Å². The zero-order valence-corrected chi connectivity index (χ0v) is 15.1. The van der Waals surface area contributed by atoms with Gasteiger partial charge in [0.25, 0.3) is 0 Å². The fourth-order valence-electron chi connectivity index (χ4n) is 3.25. The van der Waals surface area contributed by atoms with Crippen LogP contribution in [0.25, 0.3) is 5.69 Å². The SMILES string of the molecule is Cc1cc(C)n(-c2ccc([C@@H](C)NC(=O)[C@@H]3CC(=O)N(C)C3)cc2)n1. The van der Waals surface area contributed by atoms with E-state index in [9.17, 15) is 9.59 Å². The Morgan fingerprint density at radius 3 is 2.48 bits per heavy atom. The molecule has 1 fully saturated rings. The molecule has 6 nitrogen and oxygen atoms in total. The first-order chi connectivity index (χ1) is 11.8. The van der Waals surface area contributed by atoms with Gasteiger partial charge in [-0.15, -0.1) is 0 Å². The summed E-state index contributed by atoms with van der Waals surface area (Å²) in [5.74, 6) is -0.288. The summed E-state index contributed by atoms with van der Waals surface area (Å²) in [6.45, 7) is 6.45. The van der Waals surface area contributed by atoms with E-state index in [0.717, 1.165) is 22.6 Å². The predicted molar refractivity (Wildman–Crippen MR) is 95.3 cm³/mol. The molecule has 132 valence electrons. The van der Waals surface area contributed by atoms with E-state index in [-0.39, 0.29) is 23.8 Å². The summed E-state index contributed by atoms with van der Waals surface area (Å²) >= 11 is 0. The van der Waals surface area contributed by atoms with Gasteiger partial charge in [0.1, 0.15) is 0 Å². The van der Waals surface area contributed by atoms with Gasteiger partial charge in [0, 0.05) is 25.7 Å². The second kappa shape index (κ2) is 6.70. The van der Waals surface area contributed by atoms with Gasteiger partial charge in [0.2, 0.25) is 11.8 Å². The fourth-order valence-corrected chi connectivity index (χ4v) is 3.25. The Morgan fingerprint density at radius 1 is 1.28 bits per heavy atom. The van der Waals surface area contributed by atoms with Crippen LogP contribution < -0.4 is 5.32 Å². The van der Waals surface area contributed by atoms with Gasteiger partial charge in [0.15, 0.2) is 0 Å². The minimum Gasteiger partial charge on any atom is -0.349 e. The molecule has 0 bridgehead atoms. The topological polar surface area (TPSA) is 67.2 Å². The fraction of sp³-hybridized carbons (Fsp3) is 0.421. The van der Waals surface area contributed by atoms with E-state index in [1.54, 1.807) is 11.9 Å². The number of carbonyl (C=O) groups excluding carboxylic acids is 2. The van der Waals surface area contributed by atoms with Gasteiger partial charge in [-0.3, -0.25) is 9.59 Å². The van der Waals surface area contributed by atoms with E-state index in [1.165, 1.54) is 0 Å². The van der Waals surface area contributed by atoms with Gasteiger partial charge in [-0.25, -0.2) is 4.68 Å². The standard InChI is InChI=1S/C19H24N4O2/c1-12-9-13(2)23(21-12)17-7-5-15(6-8-17)14(3)20-19(25)16-10-18(24)22(4)11-16/h5-9,14,16H,10-11H2,1-4H3,(H,20,25)/t14-,16-/m1/s1. The number of benzene rings is 1. The number of hydrogen-bond acceptors (Lipinski definition) is 3. The maximum absolute atomic E-state index is 12.4. The Labute approximate surface area is 147 Å². The lowest BCUT2D eigenvalue weighted by Crippen LogP contribution is -2.34. The molecule has 2 heterocycles. The average molecular weight is 340 g/mol. The summed E-state index contributed by atoms with van der Waals surface area (Å²) < 4.78 is 1.91. The van der Waals surface area contributed by atoms with Crippen LogP contribution in [0.4, 0.5) is 0 Å². The van der Waals surface area contributed by atoms with Crippen LogP contribution in [0.5, 0.6) is 0 Å². The molecule has 2 atom stereocenters. The molecule has 1 aromatic heterocycles. The maximum Gasteiger partial charge on any atom is 0.225 e. The molecule has 1 aromatic carbocycles. The van der Waals surface area contributed by atoms with Crippen molar-refractivity contribution in [3.63, 3.8) is 0 Å². The van der Waals surface area contributed by atoms with Crippen molar-refractivity contribution >= 4 is 11.8 Å². The molecule has 25 heavy (non-hydrogen) atoms. The van der Waals surface area contributed by atoms with Gasteiger partial charge in [0.05, 0.1) is 23.3 Å². The monoisotopic (exact) mass is 340 g/mol. The molecule has 0 aliphatic carbocycles. The maximum atomic E-state index is 12.4. The van der Waals surface area contributed by atoms with E-state index in [1.807, 2.05) is 55.8 Å². The third-order valence-corrected chi connectivity index (χ3v) is 4.72. The first-order valence-electron chi connectivity index (χ1n) is 8.53. The van der Waals surface area contributed by atoms with Crippen molar-refractivity contribution in [3.05, 3.63) is 47.3 Å². The average Bonchev–Trinajstić information content (AvgIpc) is 3.09. The summed E-state index contributed by atoms with van der Waals surface area (Å²) in [7, 11) is 1.73. The van der Waals surface area contributed by atoms with E-state index in [2.05, 4.69) is 10.4 Å². The van der Waals surface area contributed by atoms with Crippen molar-refractivity contribution in [1.29, 1.82) is 0 Å². The quantitative estimate of drug-likeness (QED) is 0.927. The van der Waals surface area contributed by atoms with Crippen LogP contribution in [-0.2, 0) is 9.59 Å². The molecule has 1 saturated heterocycles. The number of nitrogens with one attached hydrogen (secondary N) is 1. The summed E-state index contributed by atoms with van der Waals surface area (Å²) in [6, 6.07) is 9.94. The molecule has 2 amide bonds. The molecule has 0 unspecified atom stereocenters. The lowest BCUT2D eigenvalue weighted by molar-refractivity contribution is -0.128.